The Morgan fingerprint density at radius 1 is 1.25 bits per heavy atom. The predicted molar refractivity (Wildman–Crippen MR) is 95.1 cm³/mol. The van der Waals surface area contributed by atoms with E-state index in [1.807, 2.05) is 38.1 Å². The molecule has 2 aromatic carbocycles. The lowest BCUT2D eigenvalue weighted by Crippen LogP contribution is -2.32. The maximum atomic E-state index is 13.3. The van der Waals surface area contributed by atoms with Crippen molar-refractivity contribution in [2.75, 3.05) is 17.2 Å². The molecular formula is C19H23FN2O2. The number of hydrogen-bond acceptors (Lipinski definition) is 3. The largest absolute Gasteiger partial charge is 0.494 e. The quantitative estimate of drug-likeness (QED) is 0.793. The number of hydrogen-bond donors (Lipinski definition) is 2. The highest BCUT2D eigenvalue weighted by Gasteiger charge is 2.14. The topological polar surface area (TPSA) is 50.4 Å². The van der Waals surface area contributed by atoms with Gasteiger partial charge < -0.3 is 15.4 Å². The molecular weight excluding hydrogens is 307 g/mol. The molecule has 5 heteroatoms. The average Bonchev–Trinajstić information content (AvgIpc) is 2.56. The molecule has 0 aliphatic carbocycles. The highest BCUT2D eigenvalue weighted by Crippen LogP contribution is 2.19. The predicted octanol–water partition coefficient (Wildman–Crippen LogP) is 4.36. The molecule has 1 atom stereocenters. The van der Waals surface area contributed by atoms with Crippen LogP contribution in [-0.2, 0) is 4.79 Å². The third-order valence-electron chi connectivity index (χ3n) is 3.54. The Kier molecular flexibility index (Phi) is 6.18. The molecule has 1 unspecified atom stereocenters. The van der Waals surface area contributed by atoms with Gasteiger partial charge in [-0.2, -0.15) is 0 Å². The van der Waals surface area contributed by atoms with Crippen molar-refractivity contribution in [1.29, 1.82) is 0 Å². The van der Waals surface area contributed by atoms with Gasteiger partial charge >= 0.3 is 0 Å². The van der Waals surface area contributed by atoms with Crippen molar-refractivity contribution in [2.45, 2.75) is 33.2 Å². The molecule has 2 N–H and O–H groups in total. The molecule has 2 aromatic rings. The standard InChI is InChI=1S/C19H23FN2O2/c1-4-10-24-17-7-5-6-16(12-17)21-14(3)19(23)22-18-11-15(20)9-8-13(18)2/h5-9,11-12,14,21H,4,10H2,1-3H3,(H,22,23). The van der Waals surface area contributed by atoms with Gasteiger partial charge in [-0.15, -0.1) is 0 Å². The van der Waals surface area contributed by atoms with Crippen molar-refractivity contribution in [3.05, 3.63) is 53.8 Å². The fraction of sp³-hybridized carbons (Fsp3) is 0.316. The average molecular weight is 330 g/mol. The fourth-order valence-corrected chi connectivity index (χ4v) is 2.18. The molecule has 0 aliphatic rings. The lowest BCUT2D eigenvalue weighted by atomic mass is 10.2. The summed E-state index contributed by atoms with van der Waals surface area (Å²) in [6.07, 6.45) is 0.934. The minimum atomic E-state index is -0.478. The number of ether oxygens (including phenoxy) is 1. The monoisotopic (exact) mass is 330 g/mol. The lowest BCUT2D eigenvalue weighted by Gasteiger charge is -2.17. The summed E-state index contributed by atoms with van der Waals surface area (Å²) >= 11 is 0. The highest BCUT2D eigenvalue weighted by atomic mass is 19.1. The van der Waals surface area contributed by atoms with Crippen molar-refractivity contribution in [2.24, 2.45) is 0 Å². The molecule has 0 aromatic heterocycles. The van der Waals surface area contributed by atoms with Crippen molar-refractivity contribution in [1.82, 2.24) is 0 Å². The number of nitrogens with one attached hydrogen (secondary N) is 2. The zero-order valence-corrected chi connectivity index (χ0v) is 14.2. The molecule has 1 amide bonds. The second-order valence-electron chi connectivity index (χ2n) is 5.69. The van der Waals surface area contributed by atoms with Crippen molar-refractivity contribution in [3.63, 3.8) is 0 Å². The zero-order chi connectivity index (χ0) is 17.5. The number of rotatable bonds is 7. The Labute approximate surface area is 142 Å². The van der Waals surface area contributed by atoms with Crippen LogP contribution in [0.25, 0.3) is 0 Å². The summed E-state index contributed by atoms with van der Waals surface area (Å²) in [5.41, 5.74) is 2.09. The molecule has 0 aliphatic heterocycles. The van der Waals surface area contributed by atoms with Gasteiger partial charge in [-0.25, -0.2) is 4.39 Å². The first kappa shape index (κ1) is 17.8. The van der Waals surface area contributed by atoms with Crippen LogP contribution in [0.1, 0.15) is 25.8 Å². The van der Waals surface area contributed by atoms with E-state index in [2.05, 4.69) is 10.6 Å². The van der Waals surface area contributed by atoms with Crippen LogP contribution in [0.15, 0.2) is 42.5 Å². The van der Waals surface area contributed by atoms with Crippen molar-refractivity contribution in [3.8, 4) is 5.75 Å². The van der Waals surface area contributed by atoms with Gasteiger partial charge in [0.25, 0.3) is 0 Å². The minimum absolute atomic E-state index is 0.233. The SMILES string of the molecule is CCCOc1cccc(NC(C)C(=O)Nc2cc(F)ccc2C)c1. The molecule has 0 fully saturated rings. The number of carbonyl (C=O) groups is 1. The van der Waals surface area contributed by atoms with Gasteiger partial charge in [0.1, 0.15) is 17.6 Å². The van der Waals surface area contributed by atoms with Gasteiger partial charge in [-0.05, 0) is 50.1 Å². The summed E-state index contributed by atoms with van der Waals surface area (Å²) in [4.78, 5) is 12.3. The summed E-state index contributed by atoms with van der Waals surface area (Å²) < 4.78 is 18.9. The Morgan fingerprint density at radius 3 is 2.79 bits per heavy atom. The van der Waals surface area contributed by atoms with E-state index in [1.165, 1.54) is 12.1 Å². The van der Waals surface area contributed by atoms with Crippen LogP contribution in [-0.4, -0.2) is 18.6 Å². The van der Waals surface area contributed by atoms with Crippen LogP contribution in [0.3, 0.4) is 0 Å². The molecule has 0 bridgehead atoms. The van der Waals surface area contributed by atoms with E-state index >= 15 is 0 Å². The van der Waals surface area contributed by atoms with Crippen LogP contribution in [0.5, 0.6) is 5.75 Å². The van der Waals surface area contributed by atoms with E-state index in [4.69, 9.17) is 4.74 Å². The van der Waals surface area contributed by atoms with Crippen molar-refractivity contribution >= 4 is 17.3 Å². The maximum absolute atomic E-state index is 13.3. The fourth-order valence-electron chi connectivity index (χ4n) is 2.18. The summed E-state index contributed by atoms with van der Waals surface area (Å²) in [5.74, 6) is 0.149. The number of anilines is 2. The lowest BCUT2D eigenvalue weighted by molar-refractivity contribution is -0.116. The number of amides is 1. The van der Waals surface area contributed by atoms with Crippen LogP contribution in [0, 0.1) is 12.7 Å². The van der Waals surface area contributed by atoms with E-state index in [0.29, 0.717) is 12.3 Å². The normalized spacial score (nSPS) is 11.7. The number of benzene rings is 2. The Balaban J connectivity index is 1.99. The van der Waals surface area contributed by atoms with Crippen LogP contribution in [0.2, 0.25) is 0 Å². The molecule has 24 heavy (non-hydrogen) atoms. The highest BCUT2D eigenvalue weighted by molar-refractivity contribution is 5.96. The molecule has 128 valence electrons. The molecule has 0 radical (unpaired) electrons. The van der Waals surface area contributed by atoms with E-state index in [0.717, 1.165) is 23.4 Å². The number of aryl methyl sites for hydroxylation is 1. The molecule has 4 nitrogen and oxygen atoms in total. The second kappa shape index (κ2) is 8.34. The van der Waals surface area contributed by atoms with E-state index in [9.17, 15) is 9.18 Å². The van der Waals surface area contributed by atoms with E-state index < -0.39 is 6.04 Å². The van der Waals surface area contributed by atoms with Gasteiger partial charge in [-0.1, -0.05) is 19.1 Å². The summed E-state index contributed by atoms with van der Waals surface area (Å²) in [6.45, 7) is 6.27. The number of carbonyl (C=O) groups excluding carboxylic acids is 1. The summed E-state index contributed by atoms with van der Waals surface area (Å²) in [6, 6.07) is 11.3. The third kappa shape index (κ3) is 4.98. The van der Waals surface area contributed by atoms with Gasteiger partial charge in [0.05, 0.1) is 6.61 Å². The second-order valence-corrected chi connectivity index (χ2v) is 5.69. The van der Waals surface area contributed by atoms with Crippen LogP contribution >= 0.6 is 0 Å². The summed E-state index contributed by atoms with van der Waals surface area (Å²) in [7, 11) is 0. The minimum Gasteiger partial charge on any atom is -0.494 e. The smallest absolute Gasteiger partial charge is 0.246 e. The zero-order valence-electron chi connectivity index (χ0n) is 14.2. The molecule has 0 saturated heterocycles. The van der Waals surface area contributed by atoms with Gasteiger partial charge in [0.2, 0.25) is 5.91 Å². The van der Waals surface area contributed by atoms with Gasteiger partial charge in [-0.3, -0.25) is 4.79 Å². The first-order chi connectivity index (χ1) is 11.5. The van der Waals surface area contributed by atoms with Crippen LogP contribution in [0.4, 0.5) is 15.8 Å². The Hall–Kier alpha value is -2.56. The van der Waals surface area contributed by atoms with E-state index in [-0.39, 0.29) is 11.7 Å². The molecule has 0 spiro atoms. The Bertz CT molecular complexity index is 704. The van der Waals surface area contributed by atoms with Crippen molar-refractivity contribution < 1.29 is 13.9 Å². The van der Waals surface area contributed by atoms with Gasteiger partial charge in [0.15, 0.2) is 0 Å². The molecule has 0 saturated carbocycles. The summed E-state index contributed by atoms with van der Waals surface area (Å²) in [5, 5.41) is 5.87. The van der Waals surface area contributed by atoms with E-state index in [1.54, 1.807) is 13.0 Å². The Morgan fingerprint density at radius 2 is 2.04 bits per heavy atom. The third-order valence-corrected chi connectivity index (χ3v) is 3.54. The van der Waals surface area contributed by atoms with Gasteiger partial charge in [0, 0.05) is 17.4 Å². The molecule has 0 heterocycles. The molecule has 2 rings (SSSR count). The first-order valence-corrected chi connectivity index (χ1v) is 8.06. The van der Waals surface area contributed by atoms with Crippen LogP contribution < -0.4 is 15.4 Å². The first-order valence-electron chi connectivity index (χ1n) is 8.06. The number of halogens is 1. The maximum Gasteiger partial charge on any atom is 0.246 e.